The van der Waals surface area contributed by atoms with E-state index in [2.05, 4.69) is 59.7 Å². The number of carbonyl (C=O) groups is 1. The zero-order valence-electron chi connectivity index (χ0n) is 11.6. The summed E-state index contributed by atoms with van der Waals surface area (Å²) in [7, 11) is 2.07. The largest absolute Gasteiger partial charge is 0.351 e. The molecule has 0 aliphatic rings. The van der Waals surface area contributed by atoms with Crippen molar-refractivity contribution in [1.29, 1.82) is 0 Å². The van der Waals surface area contributed by atoms with Crippen LogP contribution in [0.2, 0.25) is 0 Å². The van der Waals surface area contributed by atoms with Crippen LogP contribution in [0.25, 0.3) is 0 Å². The van der Waals surface area contributed by atoms with Crippen LogP contribution < -0.4 is 5.32 Å². The second-order valence-electron chi connectivity index (χ2n) is 4.66. The normalized spacial score (nSPS) is 12.5. The van der Waals surface area contributed by atoms with E-state index in [9.17, 15) is 4.79 Å². The smallest absolute Gasteiger partial charge is 0.252 e. The van der Waals surface area contributed by atoms with E-state index in [-0.39, 0.29) is 5.91 Å². The van der Waals surface area contributed by atoms with E-state index in [1.54, 1.807) is 6.07 Å². The Morgan fingerprint density at radius 3 is 2.79 bits per heavy atom. The van der Waals surface area contributed by atoms with Crippen LogP contribution in [0.15, 0.2) is 27.6 Å². The van der Waals surface area contributed by atoms with Gasteiger partial charge >= 0.3 is 0 Å². The summed E-state index contributed by atoms with van der Waals surface area (Å²) >= 11 is 7.67. The molecule has 0 saturated heterocycles. The maximum atomic E-state index is 12.0. The molecule has 0 heterocycles. The lowest BCUT2D eigenvalue weighted by molar-refractivity contribution is 0.0944. The van der Waals surface area contributed by atoms with Gasteiger partial charge in [0.1, 0.15) is 0 Å². The van der Waals surface area contributed by atoms with E-state index in [1.807, 2.05) is 12.1 Å². The summed E-state index contributed by atoms with van der Waals surface area (Å²) in [5.41, 5.74) is 0.609. The Morgan fingerprint density at radius 1 is 1.53 bits per heavy atom. The molecular formula is C14H21BrN2OS. The maximum absolute atomic E-state index is 12.0. The number of thiol groups is 1. The van der Waals surface area contributed by atoms with Crippen molar-refractivity contribution in [3.63, 3.8) is 0 Å². The molecule has 1 amide bonds. The summed E-state index contributed by atoms with van der Waals surface area (Å²) in [6.45, 7) is 5.83. The van der Waals surface area contributed by atoms with Gasteiger partial charge in [-0.2, -0.15) is 0 Å². The Kier molecular flexibility index (Phi) is 6.89. The third-order valence-electron chi connectivity index (χ3n) is 3.30. The minimum absolute atomic E-state index is 0.0740. The van der Waals surface area contributed by atoms with Gasteiger partial charge in [0.25, 0.3) is 5.91 Å². The topological polar surface area (TPSA) is 32.3 Å². The van der Waals surface area contributed by atoms with E-state index in [1.165, 1.54) is 0 Å². The fourth-order valence-electron chi connectivity index (χ4n) is 1.67. The first kappa shape index (κ1) is 16.5. The Labute approximate surface area is 129 Å². The number of nitrogens with zero attached hydrogens (tertiary/aromatic N) is 1. The summed E-state index contributed by atoms with van der Waals surface area (Å²) < 4.78 is 0.922. The maximum Gasteiger partial charge on any atom is 0.252 e. The molecule has 0 saturated carbocycles. The zero-order chi connectivity index (χ0) is 14.4. The van der Waals surface area contributed by atoms with Crippen molar-refractivity contribution in [1.82, 2.24) is 10.2 Å². The van der Waals surface area contributed by atoms with Crippen molar-refractivity contribution in [2.24, 2.45) is 0 Å². The Hall–Kier alpha value is -0.520. The molecule has 1 rings (SSSR count). The number of hydrogen-bond donors (Lipinski definition) is 2. The van der Waals surface area contributed by atoms with E-state index in [4.69, 9.17) is 0 Å². The van der Waals surface area contributed by atoms with Crippen molar-refractivity contribution >= 4 is 34.5 Å². The average molecular weight is 345 g/mol. The quantitative estimate of drug-likeness (QED) is 0.776. The van der Waals surface area contributed by atoms with Crippen LogP contribution in [0.4, 0.5) is 0 Å². The van der Waals surface area contributed by atoms with Crippen LogP contribution >= 0.6 is 28.6 Å². The van der Waals surface area contributed by atoms with E-state index in [0.29, 0.717) is 23.0 Å². The summed E-state index contributed by atoms with van der Waals surface area (Å²) in [6.07, 6.45) is 1.11. The molecule has 0 bridgehead atoms. The average Bonchev–Trinajstić information content (AvgIpc) is 2.37. The number of halogens is 1. The van der Waals surface area contributed by atoms with Crippen LogP contribution in [0.5, 0.6) is 0 Å². The molecule has 0 radical (unpaired) electrons. The summed E-state index contributed by atoms with van der Waals surface area (Å²) in [5, 5.41) is 2.92. The first-order valence-electron chi connectivity index (χ1n) is 6.42. The van der Waals surface area contributed by atoms with Gasteiger partial charge in [-0.05, 0) is 38.6 Å². The highest BCUT2D eigenvalue weighted by molar-refractivity contribution is 9.10. The van der Waals surface area contributed by atoms with Crippen LogP contribution in [0.1, 0.15) is 30.6 Å². The SMILES string of the molecule is CCC(C)N(C)CCNC(=O)c1ccc(Br)cc1S. The Bertz CT molecular complexity index is 439. The molecule has 106 valence electrons. The summed E-state index contributed by atoms with van der Waals surface area (Å²) in [5.74, 6) is -0.0740. The third kappa shape index (κ3) is 5.16. The predicted molar refractivity (Wildman–Crippen MR) is 86.1 cm³/mol. The van der Waals surface area contributed by atoms with Crippen molar-refractivity contribution in [3.05, 3.63) is 28.2 Å². The second-order valence-corrected chi connectivity index (χ2v) is 6.05. The van der Waals surface area contributed by atoms with Gasteiger partial charge in [-0.1, -0.05) is 22.9 Å². The molecule has 0 spiro atoms. The van der Waals surface area contributed by atoms with Crippen LogP contribution in [-0.2, 0) is 0 Å². The Morgan fingerprint density at radius 2 is 2.21 bits per heavy atom. The molecule has 1 aromatic rings. The molecule has 0 aliphatic heterocycles. The molecular weight excluding hydrogens is 324 g/mol. The van der Waals surface area contributed by atoms with E-state index in [0.717, 1.165) is 17.4 Å². The molecule has 0 aromatic heterocycles. The van der Waals surface area contributed by atoms with Crippen molar-refractivity contribution in [3.8, 4) is 0 Å². The monoisotopic (exact) mass is 344 g/mol. The van der Waals surface area contributed by atoms with E-state index < -0.39 is 0 Å². The van der Waals surface area contributed by atoms with Gasteiger partial charge in [-0.25, -0.2) is 0 Å². The lowest BCUT2D eigenvalue weighted by atomic mass is 10.2. The van der Waals surface area contributed by atoms with Crippen LogP contribution in [0, 0.1) is 0 Å². The van der Waals surface area contributed by atoms with E-state index >= 15 is 0 Å². The van der Waals surface area contributed by atoms with Gasteiger partial charge in [-0.15, -0.1) is 12.6 Å². The number of rotatable bonds is 6. The molecule has 0 fully saturated rings. The fraction of sp³-hybridized carbons (Fsp3) is 0.500. The number of nitrogens with one attached hydrogen (secondary N) is 1. The number of amides is 1. The molecule has 3 nitrogen and oxygen atoms in total. The number of carbonyl (C=O) groups excluding carboxylic acids is 1. The number of likely N-dealkylation sites (N-methyl/N-ethyl adjacent to an activating group) is 1. The number of benzene rings is 1. The van der Waals surface area contributed by atoms with Gasteiger partial charge in [0.05, 0.1) is 5.56 Å². The summed E-state index contributed by atoms with van der Waals surface area (Å²) in [6, 6.07) is 5.98. The van der Waals surface area contributed by atoms with Gasteiger partial charge in [0, 0.05) is 28.5 Å². The van der Waals surface area contributed by atoms with Crippen LogP contribution in [-0.4, -0.2) is 37.0 Å². The first-order chi connectivity index (χ1) is 8.95. The Balaban J connectivity index is 2.47. The molecule has 0 aliphatic carbocycles. The molecule has 19 heavy (non-hydrogen) atoms. The van der Waals surface area contributed by atoms with Crippen LogP contribution in [0.3, 0.4) is 0 Å². The first-order valence-corrected chi connectivity index (χ1v) is 7.66. The van der Waals surface area contributed by atoms with Gasteiger partial charge < -0.3 is 10.2 Å². The van der Waals surface area contributed by atoms with Crippen molar-refractivity contribution < 1.29 is 4.79 Å². The van der Waals surface area contributed by atoms with Crippen molar-refractivity contribution in [2.75, 3.05) is 20.1 Å². The molecule has 5 heteroatoms. The zero-order valence-corrected chi connectivity index (χ0v) is 14.1. The third-order valence-corrected chi connectivity index (χ3v) is 4.16. The summed E-state index contributed by atoms with van der Waals surface area (Å²) in [4.78, 5) is 14.9. The molecule has 1 atom stereocenters. The molecule has 1 N–H and O–H groups in total. The minimum atomic E-state index is -0.0740. The second kappa shape index (κ2) is 7.92. The highest BCUT2D eigenvalue weighted by Gasteiger charge is 2.10. The lowest BCUT2D eigenvalue weighted by Crippen LogP contribution is -2.37. The predicted octanol–water partition coefficient (Wildman–Crippen LogP) is 3.20. The van der Waals surface area contributed by atoms with Gasteiger partial charge in [0.15, 0.2) is 0 Å². The fourth-order valence-corrected chi connectivity index (χ4v) is 2.52. The highest BCUT2D eigenvalue weighted by atomic mass is 79.9. The standard InChI is InChI=1S/C14H21BrN2OS/c1-4-10(2)17(3)8-7-16-14(18)12-6-5-11(15)9-13(12)19/h5-6,9-10,19H,4,7-8H2,1-3H3,(H,16,18). The highest BCUT2D eigenvalue weighted by Crippen LogP contribution is 2.19. The number of hydrogen-bond acceptors (Lipinski definition) is 3. The van der Waals surface area contributed by atoms with Crippen molar-refractivity contribution in [2.45, 2.75) is 31.2 Å². The molecule has 1 aromatic carbocycles. The minimum Gasteiger partial charge on any atom is -0.351 e. The lowest BCUT2D eigenvalue weighted by Gasteiger charge is -2.23. The van der Waals surface area contributed by atoms with Gasteiger partial charge in [0.2, 0.25) is 0 Å². The molecule has 1 unspecified atom stereocenters. The van der Waals surface area contributed by atoms with Gasteiger partial charge in [-0.3, -0.25) is 4.79 Å².